The summed E-state index contributed by atoms with van der Waals surface area (Å²) in [5, 5.41) is 1.94. The van der Waals surface area contributed by atoms with Crippen LogP contribution in [0.4, 0.5) is 0 Å². The number of benzene rings is 1. The molecule has 0 spiro atoms. The average Bonchev–Trinajstić information content (AvgIpc) is 2.61. The second kappa shape index (κ2) is 5.86. The first-order valence-electron chi connectivity index (χ1n) is 9.82. The van der Waals surface area contributed by atoms with Crippen LogP contribution in [0.2, 0.25) is 5.02 Å². The Hall–Kier alpha value is -1.78. The Balaban J connectivity index is 1.50. The minimum absolute atomic E-state index is 0.131. The van der Waals surface area contributed by atoms with Crippen molar-refractivity contribution in [3.05, 3.63) is 52.4 Å². The number of hydrogen-bond acceptors (Lipinski definition) is 3. The van der Waals surface area contributed by atoms with Gasteiger partial charge in [0, 0.05) is 17.1 Å². The quantitative estimate of drug-likeness (QED) is 0.767. The summed E-state index contributed by atoms with van der Waals surface area (Å²) in [6.45, 7) is 3.93. The number of nitrogens with one attached hydrogen (secondary N) is 1. The van der Waals surface area contributed by atoms with Crippen LogP contribution in [0.1, 0.15) is 38.5 Å². The summed E-state index contributed by atoms with van der Waals surface area (Å²) in [6.07, 6.45) is 9.96. The smallest absolute Gasteiger partial charge is 0.255 e. The summed E-state index contributed by atoms with van der Waals surface area (Å²) in [4.78, 5) is 14.7. The van der Waals surface area contributed by atoms with Gasteiger partial charge in [0.05, 0.1) is 5.02 Å². The molecular weight excluding hydrogens is 360 g/mol. The molecule has 4 fully saturated rings. The fraction of sp³-hybridized carbons (Fsp3) is 0.500. The van der Waals surface area contributed by atoms with Gasteiger partial charge in [-0.05, 0) is 79.9 Å². The summed E-state index contributed by atoms with van der Waals surface area (Å²) in [6, 6.07) is 5.51. The van der Waals surface area contributed by atoms with E-state index in [9.17, 15) is 4.79 Å². The highest BCUT2D eigenvalue weighted by Gasteiger charge is 2.61. The molecule has 1 aromatic heterocycles. The van der Waals surface area contributed by atoms with Gasteiger partial charge in [0.2, 0.25) is 0 Å². The molecule has 4 bridgehead atoms. The predicted molar refractivity (Wildman–Crippen MR) is 108 cm³/mol. The molecule has 2 unspecified atom stereocenters. The Bertz CT molecular complexity index is 966. The fourth-order valence-electron chi connectivity index (χ4n) is 6.27. The van der Waals surface area contributed by atoms with Gasteiger partial charge in [-0.1, -0.05) is 17.7 Å². The van der Waals surface area contributed by atoms with E-state index in [4.69, 9.17) is 22.1 Å². The third kappa shape index (κ3) is 2.57. The van der Waals surface area contributed by atoms with Crippen LogP contribution in [0.25, 0.3) is 10.8 Å². The second-order valence-corrected chi connectivity index (χ2v) is 9.32. The number of nitrogens with two attached hydrogens (primary N) is 1. The van der Waals surface area contributed by atoms with E-state index in [0.29, 0.717) is 33.9 Å². The Morgan fingerprint density at radius 1 is 1.30 bits per heavy atom. The molecule has 4 saturated carbocycles. The highest BCUT2D eigenvalue weighted by molar-refractivity contribution is 6.32. The first kappa shape index (κ1) is 17.3. The van der Waals surface area contributed by atoms with E-state index < -0.39 is 0 Å². The number of hydrogen-bond donors (Lipinski definition) is 2. The van der Waals surface area contributed by atoms with Crippen molar-refractivity contribution in [2.24, 2.45) is 23.5 Å². The molecule has 3 N–H and O–H groups in total. The highest BCUT2D eigenvalue weighted by atomic mass is 35.5. The molecule has 6 rings (SSSR count). The number of fused-ring (bicyclic) bond motifs is 1. The number of pyridine rings is 1. The van der Waals surface area contributed by atoms with Gasteiger partial charge in [0.1, 0.15) is 11.4 Å². The first-order valence-corrected chi connectivity index (χ1v) is 10.2. The van der Waals surface area contributed by atoms with Gasteiger partial charge in [0.25, 0.3) is 5.56 Å². The molecule has 1 heterocycles. The fourth-order valence-corrected chi connectivity index (χ4v) is 6.47. The molecule has 1 aromatic carbocycles. The van der Waals surface area contributed by atoms with Gasteiger partial charge < -0.3 is 15.5 Å². The van der Waals surface area contributed by atoms with E-state index in [-0.39, 0.29) is 16.7 Å². The zero-order valence-corrected chi connectivity index (χ0v) is 16.1. The molecule has 2 aromatic rings. The predicted octanol–water partition coefficient (Wildman–Crippen LogP) is 4.41. The van der Waals surface area contributed by atoms with Crippen molar-refractivity contribution in [2.45, 2.75) is 49.7 Å². The van der Waals surface area contributed by atoms with Crippen molar-refractivity contribution in [3.63, 3.8) is 0 Å². The Kier molecular flexibility index (Phi) is 3.76. The van der Waals surface area contributed by atoms with Crippen molar-refractivity contribution in [1.82, 2.24) is 4.98 Å². The number of rotatable bonds is 4. The maximum Gasteiger partial charge on any atom is 0.255 e. The molecule has 0 aliphatic heterocycles. The topological polar surface area (TPSA) is 68.1 Å². The van der Waals surface area contributed by atoms with Gasteiger partial charge in [0.15, 0.2) is 0 Å². The molecule has 4 aliphatic carbocycles. The van der Waals surface area contributed by atoms with Crippen LogP contribution in [0, 0.1) is 17.8 Å². The molecule has 4 aliphatic rings. The largest absolute Gasteiger partial charge is 0.486 e. The average molecular weight is 385 g/mol. The van der Waals surface area contributed by atoms with Crippen molar-refractivity contribution in [2.75, 3.05) is 0 Å². The maximum atomic E-state index is 12.0. The van der Waals surface area contributed by atoms with Crippen LogP contribution >= 0.6 is 11.6 Å². The van der Waals surface area contributed by atoms with Crippen LogP contribution in [-0.2, 0) is 0 Å². The summed E-state index contributed by atoms with van der Waals surface area (Å²) in [7, 11) is 0. The van der Waals surface area contributed by atoms with Gasteiger partial charge in [-0.15, -0.1) is 6.58 Å². The minimum atomic E-state index is -0.181. The molecule has 0 amide bonds. The van der Waals surface area contributed by atoms with E-state index in [0.717, 1.165) is 31.1 Å². The standard InChI is InChI=1S/C22H25ClN2O2/c1-2-4-22(24)15-6-13-7-16(22)12-21(10-13,11-15)27-19-8-14-3-5-25-20(26)17(14)9-18(19)23/h2-3,5,8-9,13,15-16H,1,4,6-7,10-12,24H2,(H,25,26). The third-order valence-corrected chi connectivity index (χ3v) is 7.60. The number of H-pyrrole nitrogens is 1. The molecule has 2 atom stereocenters. The van der Waals surface area contributed by atoms with Crippen LogP contribution in [0.5, 0.6) is 5.75 Å². The number of halogens is 1. The molecule has 0 radical (unpaired) electrons. The number of aromatic amines is 1. The van der Waals surface area contributed by atoms with Crippen molar-refractivity contribution in [1.29, 1.82) is 0 Å². The molecule has 0 saturated heterocycles. The van der Waals surface area contributed by atoms with Crippen molar-refractivity contribution >= 4 is 22.4 Å². The second-order valence-electron chi connectivity index (χ2n) is 8.91. The Labute approximate surface area is 163 Å². The number of ether oxygens (including phenoxy) is 1. The Morgan fingerprint density at radius 2 is 2.04 bits per heavy atom. The van der Waals surface area contributed by atoms with Crippen molar-refractivity contribution < 1.29 is 4.74 Å². The van der Waals surface area contributed by atoms with Gasteiger partial charge >= 0.3 is 0 Å². The zero-order valence-electron chi connectivity index (χ0n) is 15.3. The van der Waals surface area contributed by atoms with E-state index in [1.807, 2.05) is 18.2 Å². The van der Waals surface area contributed by atoms with Gasteiger partial charge in [-0.3, -0.25) is 4.79 Å². The van der Waals surface area contributed by atoms with E-state index in [1.54, 1.807) is 12.3 Å². The van der Waals surface area contributed by atoms with Crippen LogP contribution in [0.3, 0.4) is 0 Å². The molecule has 27 heavy (non-hydrogen) atoms. The van der Waals surface area contributed by atoms with Crippen LogP contribution in [-0.4, -0.2) is 16.1 Å². The SMILES string of the molecule is C=CCC1(N)C2CC3CC1CC(Oc1cc4cc[nH]c(=O)c4cc1Cl)(C3)C2. The normalized spacial score (nSPS) is 36.9. The lowest BCUT2D eigenvalue weighted by Crippen LogP contribution is -2.68. The lowest BCUT2D eigenvalue weighted by Gasteiger charge is -2.63. The lowest BCUT2D eigenvalue weighted by molar-refractivity contribution is -0.146. The van der Waals surface area contributed by atoms with Crippen molar-refractivity contribution in [3.8, 4) is 5.75 Å². The zero-order chi connectivity index (χ0) is 18.8. The molecule has 4 nitrogen and oxygen atoms in total. The molecular formula is C22H25ClN2O2. The summed E-state index contributed by atoms with van der Waals surface area (Å²) in [5.74, 6) is 2.32. The minimum Gasteiger partial charge on any atom is -0.486 e. The van der Waals surface area contributed by atoms with Crippen LogP contribution in [0.15, 0.2) is 41.8 Å². The number of aromatic nitrogens is 1. The Morgan fingerprint density at radius 3 is 2.74 bits per heavy atom. The lowest BCUT2D eigenvalue weighted by atomic mass is 9.46. The van der Waals surface area contributed by atoms with E-state index in [1.165, 1.54) is 12.8 Å². The first-order chi connectivity index (χ1) is 12.9. The van der Waals surface area contributed by atoms with Gasteiger partial charge in [-0.25, -0.2) is 0 Å². The summed E-state index contributed by atoms with van der Waals surface area (Å²) in [5.41, 5.74) is 6.44. The monoisotopic (exact) mass is 384 g/mol. The maximum absolute atomic E-state index is 12.0. The van der Waals surface area contributed by atoms with Crippen LogP contribution < -0.4 is 16.0 Å². The summed E-state index contributed by atoms with van der Waals surface area (Å²) >= 11 is 6.51. The van der Waals surface area contributed by atoms with Gasteiger partial charge in [-0.2, -0.15) is 0 Å². The highest BCUT2D eigenvalue weighted by Crippen LogP contribution is 2.61. The molecule has 142 valence electrons. The molecule has 5 heteroatoms. The van der Waals surface area contributed by atoms with E-state index in [2.05, 4.69) is 11.6 Å². The van der Waals surface area contributed by atoms with E-state index >= 15 is 0 Å². The third-order valence-electron chi connectivity index (χ3n) is 7.30. The summed E-state index contributed by atoms with van der Waals surface area (Å²) < 4.78 is 6.64.